The second-order valence-corrected chi connectivity index (χ2v) is 4.07. The normalized spacial score (nSPS) is 10.6. The molecule has 0 aliphatic rings. The van der Waals surface area contributed by atoms with Crippen molar-refractivity contribution in [3.05, 3.63) is 54.4 Å². The van der Waals surface area contributed by atoms with Crippen LogP contribution in [0, 0.1) is 0 Å². The number of esters is 1. The van der Waals surface area contributed by atoms with Crippen molar-refractivity contribution in [1.82, 2.24) is 4.98 Å². The van der Waals surface area contributed by atoms with Crippen molar-refractivity contribution >= 4 is 16.7 Å². The maximum atomic E-state index is 11.5. The molecule has 0 atom stereocenters. The van der Waals surface area contributed by atoms with Gasteiger partial charge in [-0.15, -0.1) is 0 Å². The lowest BCUT2D eigenvalue weighted by Crippen LogP contribution is -2.00. The van der Waals surface area contributed by atoms with Gasteiger partial charge in [0.15, 0.2) is 0 Å². The standard InChI is InChI=1S/C15H11NO3/c1-18-15(17)11-5-6-12-10(9-11)3-2-4-13(12)14-16-7-8-19-14/h2-9H,1H3. The molecule has 94 valence electrons. The van der Waals surface area contributed by atoms with E-state index in [1.807, 2.05) is 24.3 Å². The number of hydrogen-bond acceptors (Lipinski definition) is 4. The molecule has 0 bridgehead atoms. The predicted octanol–water partition coefficient (Wildman–Crippen LogP) is 3.28. The molecule has 1 aromatic heterocycles. The molecule has 2 aromatic carbocycles. The summed E-state index contributed by atoms with van der Waals surface area (Å²) in [7, 11) is 1.37. The van der Waals surface area contributed by atoms with Gasteiger partial charge in [0.05, 0.1) is 18.9 Å². The van der Waals surface area contributed by atoms with Crippen molar-refractivity contribution in [2.75, 3.05) is 7.11 Å². The first-order valence-corrected chi connectivity index (χ1v) is 5.80. The van der Waals surface area contributed by atoms with E-state index in [9.17, 15) is 4.79 Å². The highest BCUT2D eigenvalue weighted by Crippen LogP contribution is 2.28. The molecular formula is C15H11NO3. The Balaban J connectivity index is 2.20. The van der Waals surface area contributed by atoms with Crippen LogP contribution in [0.1, 0.15) is 10.4 Å². The molecule has 0 fully saturated rings. The first-order chi connectivity index (χ1) is 9.29. The fraction of sp³-hybridized carbons (Fsp3) is 0.0667. The molecule has 3 aromatic rings. The molecule has 0 aliphatic heterocycles. The molecule has 0 unspecified atom stereocenters. The summed E-state index contributed by atoms with van der Waals surface area (Å²) in [6.07, 6.45) is 3.15. The molecule has 0 aliphatic carbocycles. The first-order valence-electron chi connectivity index (χ1n) is 5.80. The summed E-state index contributed by atoms with van der Waals surface area (Å²) < 4.78 is 10.0. The van der Waals surface area contributed by atoms with Gasteiger partial charge in [0, 0.05) is 5.56 Å². The minimum Gasteiger partial charge on any atom is -0.465 e. The van der Waals surface area contributed by atoms with E-state index in [0.29, 0.717) is 11.5 Å². The van der Waals surface area contributed by atoms with Gasteiger partial charge in [-0.05, 0) is 29.0 Å². The maximum absolute atomic E-state index is 11.5. The van der Waals surface area contributed by atoms with Crippen LogP contribution in [0.3, 0.4) is 0 Å². The molecule has 1 heterocycles. The van der Waals surface area contributed by atoms with Crippen molar-refractivity contribution in [2.45, 2.75) is 0 Å². The largest absolute Gasteiger partial charge is 0.465 e. The number of nitrogens with zero attached hydrogens (tertiary/aromatic N) is 1. The number of carbonyl (C=O) groups is 1. The fourth-order valence-electron chi connectivity index (χ4n) is 2.07. The Hall–Kier alpha value is -2.62. The predicted molar refractivity (Wildman–Crippen MR) is 70.8 cm³/mol. The summed E-state index contributed by atoms with van der Waals surface area (Å²) in [4.78, 5) is 15.7. The molecule has 4 nitrogen and oxygen atoms in total. The quantitative estimate of drug-likeness (QED) is 0.658. The van der Waals surface area contributed by atoms with Crippen molar-refractivity contribution < 1.29 is 13.9 Å². The van der Waals surface area contributed by atoms with Gasteiger partial charge >= 0.3 is 5.97 Å². The fourth-order valence-corrected chi connectivity index (χ4v) is 2.07. The van der Waals surface area contributed by atoms with Crippen molar-refractivity contribution in [2.24, 2.45) is 0 Å². The molecular weight excluding hydrogens is 242 g/mol. The monoisotopic (exact) mass is 253 g/mol. The number of methoxy groups -OCH3 is 1. The number of carbonyl (C=O) groups excluding carboxylic acids is 1. The molecule has 0 spiro atoms. The summed E-state index contributed by atoms with van der Waals surface area (Å²) in [6, 6.07) is 11.2. The van der Waals surface area contributed by atoms with E-state index < -0.39 is 0 Å². The Morgan fingerprint density at radius 1 is 1.26 bits per heavy atom. The van der Waals surface area contributed by atoms with E-state index in [1.54, 1.807) is 18.3 Å². The third-order valence-electron chi connectivity index (χ3n) is 2.96. The molecule has 0 saturated heterocycles. The smallest absolute Gasteiger partial charge is 0.337 e. The second-order valence-electron chi connectivity index (χ2n) is 4.07. The Morgan fingerprint density at radius 3 is 2.89 bits per heavy atom. The van der Waals surface area contributed by atoms with Gasteiger partial charge in [-0.1, -0.05) is 18.2 Å². The Kier molecular flexibility index (Phi) is 2.76. The number of ether oxygens (including phenoxy) is 1. The van der Waals surface area contributed by atoms with Gasteiger partial charge in [0.25, 0.3) is 0 Å². The topological polar surface area (TPSA) is 52.3 Å². The average molecular weight is 253 g/mol. The van der Waals surface area contributed by atoms with Crippen LogP contribution in [0.15, 0.2) is 53.3 Å². The number of oxazole rings is 1. The molecule has 0 saturated carbocycles. The van der Waals surface area contributed by atoms with Crippen molar-refractivity contribution in [3.8, 4) is 11.5 Å². The van der Waals surface area contributed by atoms with E-state index >= 15 is 0 Å². The Bertz CT molecular complexity index is 732. The van der Waals surface area contributed by atoms with Crippen LogP contribution in [0.2, 0.25) is 0 Å². The lowest BCUT2D eigenvalue weighted by atomic mass is 10.0. The number of rotatable bonds is 2. The van der Waals surface area contributed by atoms with Crippen LogP contribution < -0.4 is 0 Å². The summed E-state index contributed by atoms with van der Waals surface area (Å²) in [5.41, 5.74) is 1.43. The van der Waals surface area contributed by atoms with E-state index in [4.69, 9.17) is 9.15 Å². The lowest BCUT2D eigenvalue weighted by molar-refractivity contribution is 0.0601. The molecule has 0 amide bonds. The number of benzene rings is 2. The van der Waals surface area contributed by atoms with Gasteiger partial charge in [-0.25, -0.2) is 9.78 Å². The summed E-state index contributed by atoms with van der Waals surface area (Å²) >= 11 is 0. The van der Waals surface area contributed by atoms with E-state index in [0.717, 1.165) is 16.3 Å². The molecule has 19 heavy (non-hydrogen) atoms. The van der Waals surface area contributed by atoms with Gasteiger partial charge in [-0.2, -0.15) is 0 Å². The molecule has 3 rings (SSSR count). The Morgan fingerprint density at radius 2 is 2.16 bits per heavy atom. The number of fused-ring (bicyclic) bond motifs is 1. The van der Waals surface area contributed by atoms with Crippen LogP contribution >= 0.6 is 0 Å². The highest BCUT2D eigenvalue weighted by Gasteiger charge is 2.10. The lowest BCUT2D eigenvalue weighted by Gasteiger charge is -2.05. The third kappa shape index (κ3) is 1.97. The van der Waals surface area contributed by atoms with E-state index in [2.05, 4.69) is 4.98 Å². The zero-order valence-corrected chi connectivity index (χ0v) is 10.3. The van der Waals surface area contributed by atoms with Gasteiger partial charge in [-0.3, -0.25) is 0 Å². The Labute approximate surface area is 109 Å². The summed E-state index contributed by atoms with van der Waals surface area (Å²) in [6.45, 7) is 0. The van der Waals surface area contributed by atoms with Crippen LogP contribution in [0.25, 0.3) is 22.2 Å². The second kappa shape index (κ2) is 4.57. The number of aromatic nitrogens is 1. The van der Waals surface area contributed by atoms with Crippen LogP contribution in [-0.2, 0) is 4.74 Å². The minimum atomic E-state index is -0.344. The zero-order valence-electron chi connectivity index (χ0n) is 10.3. The highest BCUT2D eigenvalue weighted by atomic mass is 16.5. The van der Waals surface area contributed by atoms with Crippen molar-refractivity contribution in [1.29, 1.82) is 0 Å². The van der Waals surface area contributed by atoms with Gasteiger partial charge < -0.3 is 9.15 Å². The summed E-state index contributed by atoms with van der Waals surface area (Å²) in [5, 5.41) is 1.93. The van der Waals surface area contributed by atoms with E-state index in [1.165, 1.54) is 13.4 Å². The number of hydrogen-bond donors (Lipinski definition) is 0. The zero-order chi connectivity index (χ0) is 13.2. The average Bonchev–Trinajstić information content (AvgIpc) is 2.99. The summed E-state index contributed by atoms with van der Waals surface area (Å²) in [5.74, 6) is 0.222. The minimum absolute atomic E-state index is 0.344. The SMILES string of the molecule is COC(=O)c1ccc2c(-c3ncco3)cccc2c1. The van der Waals surface area contributed by atoms with Crippen LogP contribution in [0.5, 0.6) is 0 Å². The maximum Gasteiger partial charge on any atom is 0.337 e. The van der Waals surface area contributed by atoms with Gasteiger partial charge in [0.1, 0.15) is 6.26 Å². The van der Waals surface area contributed by atoms with Gasteiger partial charge in [0.2, 0.25) is 5.89 Å². The molecule has 0 radical (unpaired) electrons. The van der Waals surface area contributed by atoms with Crippen LogP contribution in [-0.4, -0.2) is 18.1 Å². The third-order valence-corrected chi connectivity index (χ3v) is 2.96. The van der Waals surface area contributed by atoms with E-state index in [-0.39, 0.29) is 5.97 Å². The van der Waals surface area contributed by atoms with Crippen molar-refractivity contribution in [3.63, 3.8) is 0 Å². The highest BCUT2D eigenvalue weighted by molar-refractivity contribution is 6.00. The first kappa shape index (κ1) is 11.5. The molecule has 4 heteroatoms. The van der Waals surface area contributed by atoms with Crippen LogP contribution in [0.4, 0.5) is 0 Å². The molecule has 0 N–H and O–H groups in total.